The van der Waals surface area contributed by atoms with Crippen LogP contribution in [0.3, 0.4) is 0 Å². The van der Waals surface area contributed by atoms with Gasteiger partial charge in [-0.3, -0.25) is 9.59 Å². The molecule has 0 saturated heterocycles. The van der Waals surface area contributed by atoms with Crippen molar-refractivity contribution in [1.29, 1.82) is 0 Å². The van der Waals surface area contributed by atoms with Crippen LogP contribution in [0, 0.1) is 0 Å². The lowest BCUT2D eigenvalue weighted by atomic mass is 10.2. The van der Waals surface area contributed by atoms with Crippen molar-refractivity contribution >= 4 is 29.3 Å². The number of rotatable bonds is 3. The van der Waals surface area contributed by atoms with E-state index in [-0.39, 0.29) is 23.5 Å². The second-order valence-electron chi connectivity index (χ2n) is 5.34. The summed E-state index contributed by atoms with van der Waals surface area (Å²) in [6, 6.07) is 8.01. The van der Waals surface area contributed by atoms with Crippen molar-refractivity contribution in [1.82, 2.24) is 5.32 Å². The monoisotopic (exact) mass is 290 g/mol. The quantitative estimate of drug-likeness (QED) is 0.899. The van der Waals surface area contributed by atoms with Gasteiger partial charge in [0.25, 0.3) is 0 Å². The van der Waals surface area contributed by atoms with Crippen LogP contribution in [0.1, 0.15) is 32.1 Å². The van der Waals surface area contributed by atoms with Crippen molar-refractivity contribution < 1.29 is 9.59 Å². The predicted molar refractivity (Wildman–Crippen MR) is 79.7 cm³/mol. The Morgan fingerprint density at radius 3 is 2.85 bits per heavy atom. The smallest absolute Gasteiger partial charge is 0.238 e. The molecule has 5 heteroatoms. The Balaban J connectivity index is 1.60. The third kappa shape index (κ3) is 2.98. The molecule has 1 aliphatic carbocycles. The van der Waals surface area contributed by atoms with E-state index in [1.807, 2.05) is 24.3 Å². The lowest BCUT2D eigenvalue weighted by Gasteiger charge is -2.24. The molecule has 1 aromatic carbocycles. The van der Waals surface area contributed by atoms with Crippen molar-refractivity contribution in [2.24, 2.45) is 0 Å². The molecule has 1 heterocycles. The van der Waals surface area contributed by atoms with Crippen LogP contribution in [-0.2, 0) is 9.59 Å². The predicted octanol–water partition coefficient (Wildman–Crippen LogP) is 2.55. The van der Waals surface area contributed by atoms with E-state index < -0.39 is 0 Å². The highest BCUT2D eigenvalue weighted by Gasteiger charge is 2.29. The Morgan fingerprint density at radius 1 is 1.30 bits per heavy atom. The van der Waals surface area contributed by atoms with E-state index in [1.54, 1.807) is 0 Å². The number of anilines is 1. The summed E-state index contributed by atoms with van der Waals surface area (Å²) in [7, 11) is 0. The molecule has 1 aromatic rings. The highest BCUT2D eigenvalue weighted by atomic mass is 32.2. The Kier molecular flexibility index (Phi) is 3.96. The molecular formula is C15H18N2O2S. The SMILES string of the molecule is O=C(CC1Sc2ccccc2NC1=O)NC1CCCC1. The molecule has 3 rings (SSSR count). The summed E-state index contributed by atoms with van der Waals surface area (Å²) in [6.07, 6.45) is 4.77. The first-order valence-electron chi connectivity index (χ1n) is 7.08. The van der Waals surface area contributed by atoms with Crippen LogP contribution in [-0.4, -0.2) is 23.1 Å². The van der Waals surface area contributed by atoms with E-state index in [2.05, 4.69) is 10.6 Å². The van der Waals surface area contributed by atoms with Gasteiger partial charge in [0.2, 0.25) is 11.8 Å². The Labute approximate surface area is 122 Å². The first-order valence-corrected chi connectivity index (χ1v) is 7.96. The van der Waals surface area contributed by atoms with Crippen molar-refractivity contribution in [2.45, 2.75) is 48.3 Å². The van der Waals surface area contributed by atoms with Crippen LogP contribution in [0.15, 0.2) is 29.2 Å². The molecule has 0 bridgehead atoms. The highest BCUT2D eigenvalue weighted by Crippen LogP contribution is 2.36. The number of hydrogen-bond acceptors (Lipinski definition) is 3. The number of carbonyl (C=O) groups excluding carboxylic acids is 2. The number of thioether (sulfide) groups is 1. The maximum atomic E-state index is 12.0. The van der Waals surface area contributed by atoms with Gasteiger partial charge in [0.1, 0.15) is 0 Å². The highest BCUT2D eigenvalue weighted by molar-refractivity contribution is 8.01. The second-order valence-corrected chi connectivity index (χ2v) is 6.59. The molecule has 1 unspecified atom stereocenters. The third-order valence-corrected chi connectivity index (χ3v) is 5.07. The lowest BCUT2D eigenvalue weighted by Crippen LogP contribution is -2.38. The van der Waals surface area contributed by atoms with Crippen molar-refractivity contribution in [2.75, 3.05) is 5.32 Å². The number of para-hydroxylation sites is 1. The molecule has 1 aliphatic heterocycles. The minimum atomic E-state index is -0.327. The number of benzene rings is 1. The Bertz CT molecular complexity index is 526. The standard InChI is InChI=1S/C15H18N2O2S/c18-14(16-10-5-1-2-6-10)9-13-15(19)17-11-7-3-4-8-12(11)20-13/h3-4,7-8,10,13H,1-2,5-6,9H2,(H,16,18)(H,17,19). The molecule has 20 heavy (non-hydrogen) atoms. The van der Waals surface area contributed by atoms with Crippen LogP contribution < -0.4 is 10.6 Å². The summed E-state index contributed by atoms with van der Waals surface area (Å²) >= 11 is 1.48. The summed E-state index contributed by atoms with van der Waals surface area (Å²) < 4.78 is 0. The van der Waals surface area contributed by atoms with Gasteiger partial charge in [-0.05, 0) is 25.0 Å². The van der Waals surface area contributed by atoms with Gasteiger partial charge in [0.05, 0.1) is 10.9 Å². The van der Waals surface area contributed by atoms with Gasteiger partial charge in [0, 0.05) is 17.4 Å². The molecule has 1 saturated carbocycles. The van der Waals surface area contributed by atoms with Crippen LogP contribution >= 0.6 is 11.8 Å². The zero-order valence-electron chi connectivity index (χ0n) is 11.2. The van der Waals surface area contributed by atoms with Crippen molar-refractivity contribution in [3.05, 3.63) is 24.3 Å². The molecule has 2 aliphatic rings. The van der Waals surface area contributed by atoms with Crippen LogP contribution in [0.4, 0.5) is 5.69 Å². The van der Waals surface area contributed by atoms with Gasteiger partial charge in [-0.15, -0.1) is 11.8 Å². The zero-order valence-corrected chi connectivity index (χ0v) is 12.0. The molecule has 2 amide bonds. The summed E-state index contributed by atoms with van der Waals surface area (Å²) in [6.45, 7) is 0. The van der Waals surface area contributed by atoms with Crippen LogP contribution in [0.25, 0.3) is 0 Å². The fourth-order valence-electron chi connectivity index (χ4n) is 2.75. The summed E-state index contributed by atoms with van der Waals surface area (Å²) in [5, 5.41) is 5.58. The molecule has 106 valence electrons. The maximum absolute atomic E-state index is 12.0. The van der Waals surface area contributed by atoms with Crippen molar-refractivity contribution in [3.8, 4) is 0 Å². The van der Waals surface area contributed by atoms with Gasteiger partial charge in [0.15, 0.2) is 0 Å². The zero-order chi connectivity index (χ0) is 13.9. The number of carbonyl (C=O) groups is 2. The van der Waals surface area contributed by atoms with Gasteiger partial charge in [-0.2, -0.15) is 0 Å². The fraction of sp³-hybridized carbons (Fsp3) is 0.467. The van der Waals surface area contributed by atoms with E-state index in [4.69, 9.17) is 0 Å². The molecule has 2 N–H and O–H groups in total. The van der Waals surface area contributed by atoms with E-state index in [0.717, 1.165) is 23.4 Å². The average Bonchev–Trinajstić information content (AvgIpc) is 2.92. The summed E-state index contributed by atoms with van der Waals surface area (Å²) in [5.41, 5.74) is 0.843. The van der Waals surface area contributed by atoms with E-state index >= 15 is 0 Å². The van der Waals surface area contributed by atoms with Gasteiger partial charge in [-0.1, -0.05) is 25.0 Å². The first kappa shape index (κ1) is 13.5. The van der Waals surface area contributed by atoms with E-state index in [0.29, 0.717) is 6.04 Å². The minimum Gasteiger partial charge on any atom is -0.353 e. The van der Waals surface area contributed by atoms with Crippen molar-refractivity contribution in [3.63, 3.8) is 0 Å². The normalized spacial score (nSPS) is 22.2. The molecular weight excluding hydrogens is 272 g/mol. The third-order valence-electron chi connectivity index (χ3n) is 3.80. The molecule has 0 radical (unpaired) electrons. The maximum Gasteiger partial charge on any atom is 0.238 e. The molecule has 1 fully saturated rings. The largest absolute Gasteiger partial charge is 0.353 e. The number of nitrogens with one attached hydrogen (secondary N) is 2. The molecule has 1 atom stereocenters. The number of amides is 2. The molecule has 4 nitrogen and oxygen atoms in total. The minimum absolute atomic E-state index is 0.0102. The Morgan fingerprint density at radius 2 is 2.05 bits per heavy atom. The molecule has 0 spiro atoms. The molecule has 0 aromatic heterocycles. The number of fused-ring (bicyclic) bond motifs is 1. The number of hydrogen-bond donors (Lipinski definition) is 2. The summed E-state index contributed by atoms with van der Waals surface area (Å²) in [5.74, 6) is -0.0841. The van der Waals surface area contributed by atoms with Crippen LogP contribution in [0.5, 0.6) is 0 Å². The fourth-order valence-corrected chi connectivity index (χ4v) is 3.86. The van der Waals surface area contributed by atoms with Gasteiger partial charge in [-0.25, -0.2) is 0 Å². The second kappa shape index (κ2) is 5.87. The van der Waals surface area contributed by atoms with E-state index in [9.17, 15) is 9.59 Å². The van der Waals surface area contributed by atoms with Crippen LogP contribution in [0.2, 0.25) is 0 Å². The Hall–Kier alpha value is -1.49. The summed E-state index contributed by atoms with van der Waals surface area (Å²) in [4.78, 5) is 25.1. The average molecular weight is 290 g/mol. The lowest BCUT2D eigenvalue weighted by molar-refractivity contribution is -0.124. The van der Waals surface area contributed by atoms with Gasteiger partial charge >= 0.3 is 0 Å². The van der Waals surface area contributed by atoms with E-state index in [1.165, 1.54) is 24.6 Å². The van der Waals surface area contributed by atoms with Gasteiger partial charge < -0.3 is 10.6 Å². The first-order chi connectivity index (χ1) is 9.72. The topological polar surface area (TPSA) is 58.2 Å².